The van der Waals surface area contributed by atoms with E-state index in [1.807, 2.05) is 0 Å². The predicted octanol–water partition coefficient (Wildman–Crippen LogP) is 3.62. The summed E-state index contributed by atoms with van der Waals surface area (Å²) in [6, 6.07) is 9.09. The van der Waals surface area contributed by atoms with Gasteiger partial charge in [-0.1, -0.05) is 21.1 Å². The largest absolute Gasteiger partial charge is 0.461 e. The first-order valence-corrected chi connectivity index (χ1v) is 10.3. The van der Waals surface area contributed by atoms with E-state index in [0.717, 1.165) is 42.6 Å². The summed E-state index contributed by atoms with van der Waals surface area (Å²) in [5.74, 6) is -1.83. The second kappa shape index (κ2) is 12.3. The summed E-state index contributed by atoms with van der Waals surface area (Å²) in [7, 11) is 1.18. The fourth-order valence-electron chi connectivity index (χ4n) is 2.51. The molecular weight excluding hydrogens is 525 g/mol. The molecule has 2 aromatic rings. The Bertz CT molecular complexity index is 1060. The fourth-order valence-corrected chi connectivity index (χ4v) is 3.04. The number of non-ortho nitro benzene ring substituents is 2. The number of carbonyl (C=O) groups excluding carboxylic acids is 2. The normalized spacial score (nSPS) is 13.5. The van der Waals surface area contributed by atoms with E-state index in [1.165, 1.54) is 19.2 Å². The van der Waals surface area contributed by atoms with Gasteiger partial charge in [-0.05, 0) is 24.3 Å². The smallest absolute Gasteiger partial charge is 0.338 e. The van der Waals surface area contributed by atoms with Crippen LogP contribution in [0, 0.1) is 20.2 Å². The molecule has 0 radical (unpaired) electrons. The lowest BCUT2D eigenvalue weighted by molar-refractivity contribution is -0.385. The number of halogens is 2. The van der Waals surface area contributed by atoms with E-state index in [2.05, 4.69) is 25.9 Å². The van der Waals surface area contributed by atoms with Crippen molar-refractivity contribution in [1.29, 1.82) is 0 Å². The summed E-state index contributed by atoms with van der Waals surface area (Å²) in [6.45, 7) is -0.449. The van der Waals surface area contributed by atoms with Gasteiger partial charge in [0.15, 0.2) is 12.3 Å². The van der Waals surface area contributed by atoms with E-state index in [1.54, 1.807) is 0 Å². The number of alkyl halides is 2. The minimum absolute atomic E-state index is 0.0162. The Morgan fingerprint density at radius 2 is 1.47 bits per heavy atom. The van der Waals surface area contributed by atoms with E-state index in [0.29, 0.717) is 0 Å². The maximum Gasteiger partial charge on any atom is 0.338 e. The molecule has 0 aromatic heterocycles. The first-order chi connectivity index (χ1) is 16.1. The number of nitro benzene ring substituents is 2. The standard InChI is InChI=1S/C20H17BrFN3O9/c1-32-23-10-17(22)18(34-20(27)13-4-8-15(9-5-13)25(30)31)16(21)11-33-19(26)12-2-6-14(7-3-12)24(28)29/h2-10,16-18H,11H2,1H3. The SMILES string of the molecule is CON=CC(F)C(OC(=O)c1ccc([N+](=O)[O-])cc1)C(Br)COC(=O)c1ccc([N+](=O)[O-])cc1. The molecule has 0 bridgehead atoms. The van der Waals surface area contributed by atoms with Crippen molar-refractivity contribution in [3.05, 3.63) is 79.9 Å². The van der Waals surface area contributed by atoms with Gasteiger partial charge in [0.05, 0.1) is 32.0 Å². The molecule has 2 rings (SSSR count). The van der Waals surface area contributed by atoms with Gasteiger partial charge in [0.25, 0.3) is 11.4 Å². The van der Waals surface area contributed by atoms with Crippen molar-refractivity contribution in [3.8, 4) is 0 Å². The van der Waals surface area contributed by atoms with Crippen molar-refractivity contribution >= 4 is 45.5 Å². The number of hydrogen-bond acceptors (Lipinski definition) is 10. The molecule has 0 saturated heterocycles. The molecular formula is C20H17BrFN3O9. The number of esters is 2. The number of nitro groups is 2. The Morgan fingerprint density at radius 3 is 1.91 bits per heavy atom. The van der Waals surface area contributed by atoms with Gasteiger partial charge in [-0.2, -0.15) is 0 Å². The van der Waals surface area contributed by atoms with Crippen molar-refractivity contribution in [2.24, 2.45) is 5.16 Å². The molecule has 0 aliphatic heterocycles. The molecule has 2 aromatic carbocycles. The summed E-state index contributed by atoms with van der Waals surface area (Å²) in [5, 5.41) is 24.8. The minimum Gasteiger partial charge on any atom is -0.461 e. The zero-order valence-electron chi connectivity index (χ0n) is 17.4. The molecule has 0 amide bonds. The Morgan fingerprint density at radius 1 is 1.00 bits per heavy atom. The zero-order chi connectivity index (χ0) is 25.3. The van der Waals surface area contributed by atoms with Crippen LogP contribution in [-0.2, 0) is 14.3 Å². The summed E-state index contributed by atoms with van der Waals surface area (Å²) < 4.78 is 25.0. The van der Waals surface area contributed by atoms with Crippen LogP contribution in [0.15, 0.2) is 53.7 Å². The van der Waals surface area contributed by atoms with Gasteiger partial charge < -0.3 is 14.3 Å². The zero-order valence-corrected chi connectivity index (χ0v) is 19.0. The Kier molecular flexibility index (Phi) is 9.55. The third-order valence-electron chi connectivity index (χ3n) is 4.22. The van der Waals surface area contributed by atoms with Gasteiger partial charge in [-0.15, -0.1) is 0 Å². The first kappa shape index (κ1) is 26.3. The molecule has 3 unspecified atom stereocenters. The summed E-state index contributed by atoms with van der Waals surface area (Å²) in [5.41, 5.74) is -0.525. The van der Waals surface area contributed by atoms with Crippen LogP contribution in [0.2, 0.25) is 0 Å². The Labute approximate surface area is 199 Å². The van der Waals surface area contributed by atoms with Crippen LogP contribution in [0.25, 0.3) is 0 Å². The summed E-state index contributed by atoms with van der Waals surface area (Å²) in [4.78, 5) is 48.2. The molecule has 12 nitrogen and oxygen atoms in total. The molecule has 14 heteroatoms. The Hall–Kier alpha value is -3.94. The summed E-state index contributed by atoms with van der Waals surface area (Å²) in [6.07, 6.45) is -2.78. The highest BCUT2D eigenvalue weighted by Gasteiger charge is 2.33. The molecule has 0 aliphatic carbocycles. The highest BCUT2D eigenvalue weighted by Crippen LogP contribution is 2.20. The highest BCUT2D eigenvalue weighted by atomic mass is 79.9. The molecule has 34 heavy (non-hydrogen) atoms. The lowest BCUT2D eigenvalue weighted by Crippen LogP contribution is -2.39. The third kappa shape index (κ3) is 7.30. The second-order valence-electron chi connectivity index (χ2n) is 6.47. The maximum absolute atomic E-state index is 14.7. The molecule has 0 spiro atoms. The van der Waals surface area contributed by atoms with Crippen LogP contribution in [0.1, 0.15) is 20.7 Å². The van der Waals surface area contributed by atoms with Gasteiger partial charge in [0.2, 0.25) is 0 Å². The number of carbonyl (C=O) groups is 2. The molecule has 180 valence electrons. The van der Waals surface area contributed by atoms with Crippen LogP contribution < -0.4 is 0 Å². The van der Waals surface area contributed by atoms with Crippen molar-refractivity contribution in [1.82, 2.24) is 0 Å². The van der Waals surface area contributed by atoms with E-state index in [-0.39, 0.29) is 22.5 Å². The lowest BCUT2D eigenvalue weighted by Gasteiger charge is -2.24. The number of benzene rings is 2. The van der Waals surface area contributed by atoms with Crippen molar-refractivity contribution in [2.75, 3.05) is 13.7 Å². The monoisotopic (exact) mass is 541 g/mol. The average Bonchev–Trinajstić information content (AvgIpc) is 2.83. The summed E-state index contributed by atoms with van der Waals surface area (Å²) >= 11 is 3.12. The fraction of sp³-hybridized carbons (Fsp3) is 0.250. The predicted molar refractivity (Wildman–Crippen MR) is 119 cm³/mol. The van der Waals surface area contributed by atoms with Crippen LogP contribution in [-0.4, -0.2) is 58.8 Å². The number of rotatable bonds is 11. The van der Waals surface area contributed by atoms with Crippen LogP contribution >= 0.6 is 15.9 Å². The quantitative estimate of drug-likeness (QED) is 0.136. The van der Waals surface area contributed by atoms with Gasteiger partial charge in [-0.3, -0.25) is 20.2 Å². The van der Waals surface area contributed by atoms with Crippen molar-refractivity contribution < 1.29 is 38.1 Å². The van der Waals surface area contributed by atoms with Crippen molar-refractivity contribution in [2.45, 2.75) is 17.1 Å². The van der Waals surface area contributed by atoms with Crippen molar-refractivity contribution in [3.63, 3.8) is 0 Å². The van der Waals surface area contributed by atoms with E-state index in [9.17, 15) is 34.2 Å². The lowest BCUT2D eigenvalue weighted by atomic mass is 10.1. The number of nitrogens with zero attached hydrogens (tertiary/aromatic N) is 3. The highest BCUT2D eigenvalue weighted by molar-refractivity contribution is 9.09. The number of hydrogen-bond donors (Lipinski definition) is 0. The van der Waals surface area contributed by atoms with Crippen LogP contribution in [0.4, 0.5) is 15.8 Å². The topological polar surface area (TPSA) is 160 Å². The molecule has 3 atom stereocenters. The van der Waals surface area contributed by atoms with Crippen LogP contribution in [0.5, 0.6) is 0 Å². The van der Waals surface area contributed by atoms with Gasteiger partial charge in [-0.25, -0.2) is 14.0 Å². The van der Waals surface area contributed by atoms with E-state index >= 15 is 0 Å². The van der Waals surface area contributed by atoms with Gasteiger partial charge in [0.1, 0.15) is 13.7 Å². The molecule has 0 heterocycles. The van der Waals surface area contributed by atoms with Gasteiger partial charge in [0, 0.05) is 24.3 Å². The third-order valence-corrected chi connectivity index (χ3v) is 5.01. The number of ether oxygens (including phenoxy) is 2. The molecule has 0 aliphatic rings. The second-order valence-corrected chi connectivity index (χ2v) is 7.65. The van der Waals surface area contributed by atoms with Crippen LogP contribution in [0.3, 0.4) is 0 Å². The minimum atomic E-state index is -1.98. The average molecular weight is 542 g/mol. The molecule has 0 fully saturated rings. The van der Waals surface area contributed by atoms with E-state index in [4.69, 9.17) is 9.47 Å². The Balaban J connectivity index is 2.10. The van der Waals surface area contributed by atoms with Gasteiger partial charge >= 0.3 is 11.9 Å². The molecule has 0 saturated carbocycles. The molecule has 0 N–H and O–H groups in total. The van der Waals surface area contributed by atoms with E-state index < -0.39 is 45.5 Å². The number of oxime groups is 1. The maximum atomic E-state index is 14.7. The first-order valence-electron chi connectivity index (χ1n) is 9.35.